The third-order valence-electron chi connectivity index (χ3n) is 4.18. The molecule has 1 aliphatic carbocycles. The zero-order valence-electron chi connectivity index (χ0n) is 13.0. The monoisotopic (exact) mass is 269 g/mol. The van der Waals surface area contributed by atoms with Gasteiger partial charge in [-0.25, -0.2) is 0 Å². The summed E-state index contributed by atoms with van der Waals surface area (Å²) in [5.74, 6) is 1.32. The minimum Gasteiger partial charge on any atom is -0.383 e. The first-order valence-corrected chi connectivity index (χ1v) is 7.51. The highest BCUT2D eigenvalue weighted by Gasteiger charge is 2.30. The summed E-state index contributed by atoms with van der Waals surface area (Å²) >= 11 is 0. The third kappa shape index (κ3) is 5.81. The maximum atomic E-state index is 5.92. The summed E-state index contributed by atoms with van der Waals surface area (Å²) in [7, 11) is 1.69. The molecular weight excluding hydrogens is 238 g/mol. The molecule has 0 aromatic carbocycles. The van der Waals surface area contributed by atoms with Crippen LogP contribution in [0.4, 0.5) is 0 Å². The van der Waals surface area contributed by atoms with Gasteiger partial charge < -0.3 is 15.8 Å². The molecule has 0 radical (unpaired) electrons. The van der Waals surface area contributed by atoms with Crippen LogP contribution in [0.2, 0.25) is 0 Å². The van der Waals surface area contributed by atoms with Crippen molar-refractivity contribution in [1.82, 2.24) is 5.32 Å². The number of nitrogens with two attached hydrogens (primary N) is 1. The summed E-state index contributed by atoms with van der Waals surface area (Å²) in [4.78, 5) is 4.52. The van der Waals surface area contributed by atoms with E-state index in [4.69, 9.17) is 10.5 Å². The summed E-state index contributed by atoms with van der Waals surface area (Å²) < 4.78 is 5.07. The van der Waals surface area contributed by atoms with Crippen molar-refractivity contribution in [3.05, 3.63) is 0 Å². The smallest absolute Gasteiger partial charge is 0.188 e. The molecule has 1 saturated carbocycles. The molecule has 1 unspecified atom stereocenters. The van der Waals surface area contributed by atoms with Crippen LogP contribution in [0.15, 0.2) is 4.99 Å². The predicted octanol–water partition coefficient (Wildman–Crippen LogP) is 2.53. The molecule has 1 rings (SSSR count). The van der Waals surface area contributed by atoms with Crippen LogP contribution in [0.5, 0.6) is 0 Å². The number of hydrogen-bond donors (Lipinski definition) is 2. The molecule has 19 heavy (non-hydrogen) atoms. The van der Waals surface area contributed by atoms with Crippen LogP contribution in [0.25, 0.3) is 0 Å². The largest absolute Gasteiger partial charge is 0.383 e. The van der Waals surface area contributed by atoms with E-state index in [2.05, 4.69) is 24.2 Å². The number of methoxy groups -OCH3 is 1. The Balaban J connectivity index is 2.43. The fourth-order valence-corrected chi connectivity index (χ4v) is 2.89. The van der Waals surface area contributed by atoms with E-state index < -0.39 is 0 Å². The molecule has 0 amide bonds. The SMILES string of the molecule is COCC(C)NC(N)=NCC(C)(C)C1CCCCC1. The molecular formula is C15H31N3O. The number of nitrogens with zero attached hydrogens (tertiary/aromatic N) is 1. The van der Waals surface area contributed by atoms with Gasteiger partial charge in [0.2, 0.25) is 0 Å². The van der Waals surface area contributed by atoms with Crippen molar-refractivity contribution in [3.63, 3.8) is 0 Å². The summed E-state index contributed by atoms with van der Waals surface area (Å²) in [6.07, 6.45) is 6.83. The average Bonchev–Trinajstić information content (AvgIpc) is 2.38. The lowest BCUT2D eigenvalue weighted by molar-refractivity contribution is 0.166. The Morgan fingerprint density at radius 2 is 2.00 bits per heavy atom. The van der Waals surface area contributed by atoms with Gasteiger partial charge in [-0.1, -0.05) is 33.1 Å². The fourth-order valence-electron chi connectivity index (χ4n) is 2.89. The van der Waals surface area contributed by atoms with Gasteiger partial charge in [-0.15, -0.1) is 0 Å². The fraction of sp³-hybridized carbons (Fsp3) is 0.933. The lowest BCUT2D eigenvalue weighted by atomic mass is 9.71. The van der Waals surface area contributed by atoms with E-state index >= 15 is 0 Å². The van der Waals surface area contributed by atoms with E-state index in [-0.39, 0.29) is 11.5 Å². The van der Waals surface area contributed by atoms with E-state index in [0.29, 0.717) is 12.6 Å². The molecule has 1 aliphatic rings. The lowest BCUT2D eigenvalue weighted by Crippen LogP contribution is -2.41. The Morgan fingerprint density at radius 1 is 1.37 bits per heavy atom. The molecule has 0 aromatic heterocycles. The molecule has 0 bridgehead atoms. The van der Waals surface area contributed by atoms with Crippen LogP contribution in [-0.2, 0) is 4.74 Å². The normalized spacial score (nSPS) is 20.3. The van der Waals surface area contributed by atoms with Crippen LogP contribution in [-0.4, -0.2) is 32.3 Å². The second kappa shape index (κ2) is 7.73. The summed E-state index contributed by atoms with van der Waals surface area (Å²) in [5, 5.41) is 3.16. The zero-order chi connectivity index (χ0) is 14.3. The summed E-state index contributed by atoms with van der Waals surface area (Å²) in [6.45, 7) is 8.12. The second-order valence-electron chi connectivity index (χ2n) is 6.53. The molecule has 0 aliphatic heterocycles. The van der Waals surface area contributed by atoms with Gasteiger partial charge >= 0.3 is 0 Å². The highest BCUT2D eigenvalue weighted by Crippen LogP contribution is 2.38. The molecule has 3 N–H and O–H groups in total. The van der Waals surface area contributed by atoms with Crippen molar-refractivity contribution in [2.45, 2.75) is 58.9 Å². The standard InChI is InChI=1S/C15H31N3O/c1-12(10-19-4)18-14(16)17-11-15(2,3)13-8-6-5-7-9-13/h12-13H,5-11H2,1-4H3,(H3,16,17,18). The predicted molar refractivity (Wildman–Crippen MR) is 81.3 cm³/mol. The number of aliphatic imine (C=N–C) groups is 1. The topological polar surface area (TPSA) is 59.6 Å². The maximum absolute atomic E-state index is 5.92. The van der Waals surface area contributed by atoms with Crippen LogP contribution in [0.3, 0.4) is 0 Å². The number of guanidine groups is 1. The maximum Gasteiger partial charge on any atom is 0.188 e. The van der Waals surface area contributed by atoms with Gasteiger partial charge in [0, 0.05) is 19.7 Å². The average molecular weight is 269 g/mol. The van der Waals surface area contributed by atoms with Gasteiger partial charge in [0.25, 0.3) is 0 Å². The van der Waals surface area contributed by atoms with Crippen molar-refractivity contribution in [1.29, 1.82) is 0 Å². The van der Waals surface area contributed by atoms with Crippen LogP contribution in [0, 0.1) is 11.3 Å². The molecule has 1 fully saturated rings. The highest BCUT2D eigenvalue weighted by molar-refractivity contribution is 5.78. The van der Waals surface area contributed by atoms with E-state index in [0.717, 1.165) is 12.5 Å². The van der Waals surface area contributed by atoms with Crippen molar-refractivity contribution in [2.24, 2.45) is 22.1 Å². The van der Waals surface area contributed by atoms with E-state index in [1.807, 2.05) is 6.92 Å². The van der Waals surface area contributed by atoms with Crippen molar-refractivity contribution < 1.29 is 4.74 Å². The van der Waals surface area contributed by atoms with Crippen LogP contribution in [0.1, 0.15) is 52.9 Å². The Bertz CT molecular complexity index is 283. The van der Waals surface area contributed by atoms with E-state index in [1.165, 1.54) is 32.1 Å². The number of ether oxygens (including phenoxy) is 1. The van der Waals surface area contributed by atoms with Gasteiger partial charge in [-0.05, 0) is 31.1 Å². The molecule has 4 nitrogen and oxygen atoms in total. The summed E-state index contributed by atoms with van der Waals surface area (Å²) in [6, 6.07) is 0.201. The Hall–Kier alpha value is -0.770. The van der Waals surface area contributed by atoms with Gasteiger partial charge in [0.1, 0.15) is 0 Å². The van der Waals surface area contributed by atoms with Crippen LogP contribution < -0.4 is 11.1 Å². The molecule has 0 saturated heterocycles. The van der Waals surface area contributed by atoms with E-state index in [1.54, 1.807) is 7.11 Å². The highest BCUT2D eigenvalue weighted by atomic mass is 16.5. The minimum absolute atomic E-state index is 0.201. The first kappa shape index (κ1) is 16.3. The van der Waals surface area contributed by atoms with Crippen molar-refractivity contribution in [2.75, 3.05) is 20.3 Å². The number of hydrogen-bond acceptors (Lipinski definition) is 2. The lowest BCUT2D eigenvalue weighted by Gasteiger charge is -2.36. The van der Waals surface area contributed by atoms with Crippen molar-refractivity contribution in [3.8, 4) is 0 Å². The Morgan fingerprint density at radius 3 is 2.58 bits per heavy atom. The van der Waals surface area contributed by atoms with Crippen molar-refractivity contribution >= 4 is 5.96 Å². The first-order chi connectivity index (χ1) is 8.95. The minimum atomic E-state index is 0.201. The molecule has 4 heteroatoms. The molecule has 112 valence electrons. The van der Waals surface area contributed by atoms with E-state index in [9.17, 15) is 0 Å². The Kier molecular flexibility index (Phi) is 6.63. The number of rotatable bonds is 6. The molecule has 0 aromatic rings. The molecule has 1 atom stereocenters. The third-order valence-corrected chi connectivity index (χ3v) is 4.18. The van der Waals surface area contributed by atoms with Crippen LogP contribution >= 0.6 is 0 Å². The van der Waals surface area contributed by atoms with Gasteiger partial charge in [0.15, 0.2) is 5.96 Å². The number of nitrogens with one attached hydrogen (secondary N) is 1. The first-order valence-electron chi connectivity index (χ1n) is 7.51. The second-order valence-corrected chi connectivity index (χ2v) is 6.53. The molecule has 0 heterocycles. The van der Waals surface area contributed by atoms with Gasteiger partial charge in [0.05, 0.1) is 6.61 Å². The summed E-state index contributed by atoms with van der Waals surface area (Å²) in [5.41, 5.74) is 6.17. The van der Waals surface area contributed by atoms with Gasteiger partial charge in [-0.2, -0.15) is 0 Å². The quantitative estimate of drug-likeness (QED) is 0.575. The Labute approximate surface area is 118 Å². The molecule has 0 spiro atoms. The zero-order valence-corrected chi connectivity index (χ0v) is 13.0. The van der Waals surface area contributed by atoms with Gasteiger partial charge in [-0.3, -0.25) is 4.99 Å².